The number of aromatic nitrogens is 2. The minimum absolute atomic E-state index is 0.0455. The number of hydrogen-bond acceptors (Lipinski definition) is 5. The molecule has 0 unspecified atom stereocenters. The number of nitrogens with one attached hydrogen (secondary N) is 2. The molecule has 29 heavy (non-hydrogen) atoms. The Kier molecular flexibility index (Phi) is 7.11. The van der Waals surface area contributed by atoms with Crippen molar-refractivity contribution in [3.8, 4) is 10.6 Å². The van der Waals surface area contributed by atoms with Gasteiger partial charge in [0.2, 0.25) is 11.0 Å². The molecule has 1 aromatic heterocycles. The summed E-state index contributed by atoms with van der Waals surface area (Å²) in [6.07, 6.45) is 0.740. The Bertz CT molecular complexity index is 976. The van der Waals surface area contributed by atoms with E-state index in [1.165, 1.54) is 11.3 Å². The third kappa shape index (κ3) is 5.48. The van der Waals surface area contributed by atoms with E-state index >= 15 is 0 Å². The summed E-state index contributed by atoms with van der Waals surface area (Å²) in [6.45, 7) is 3.91. The van der Waals surface area contributed by atoms with Crippen molar-refractivity contribution in [2.24, 2.45) is 5.92 Å². The second kappa shape index (κ2) is 9.76. The van der Waals surface area contributed by atoms with Crippen LogP contribution in [-0.2, 0) is 4.79 Å². The van der Waals surface area contributed by atoms with Crippen LogP contribution in [0.25, 0.3) is 10.6 Å². The van der Waals surface area contributed by atoms with Crippen LogP contribution in [0.1, 0.15) is 30.6 Å². The monoisotopic (exact) mass is 472 g/mol. The first-order valence-corrected chi connectivity index (χ1v) is 10.8. The molecule has 0 radical (unpaired) electrons. The van der Waals surface area contributed by atoms with Crippen LogP contribution in [0.2, 0.25) is 0 Å². The Hall–Kier alpha value is -2.58. The predicted molar refractivity (Wildman–Crippen MR) is 119 cm³/mol. The summed E-state index contributed by atoms with van der Waals surface area (Å²) in [5.41, 5.74) is 1.43. The summed E-state index contributed by atoms with van der Waals surface area (Å²) < 4.78 is 0.885. The van der Waals surface area contributed by atoms with Gasteiger partial charge in [0.15, 0.2) is 0 Å². The number of halogens is 1. The predicted octanol–water partition coefficient (Wildman–Crippen LogP) is 4.75. The first-order valence-electron chi connectivity index (χ1n) is 9.24. The van der Waals surface area contributed by atoms with Crippen LogP contribution in [0, 0.1) is 5.92 Å². The van der Waals surface area contributed by atoms with Gasteiger partial charge in [-0.25, -0.2) is 0 Å². The van der Waals surface area contributed by atoms with Gasteiger partial charge in [0.05, 0.1) is 0 Å². The molecule has 2 atom stereocenters. The van der Waals surface area contributed by atoms with E-state index in [-0.39, 0.29) is 17.7 Å². The standard InChI is InChI=1S/C21H21BrN4O2S/c1-3-13(2)17(23-18(27)14-9-11-16(22)12-10-14)19(28)24-21-26-25-20(29-21)15-7-5-4-6-8-15/h4-13,17H,3H2,1-2H3,(H,23,27)(H,24,26,28)/t13-,17-/m1/s1. The molecule has 6 nitrogen and oxygen atoms in total. The summed E-state index contributed by atoms with van der Waals surface area (Å²) in [7, 11) is 0. The van der Waals surface area contributed by atoms with Gasteiger partial charge < -0.3 is 5.32 Å². The van der Waals surface area contributed by atoms with Crippen LogP contribution >= 0.6 is 27.3 Å². The molecule has 3 aromatic rings. The Labute approximate surface area is 181 Å². The molecular formula is C21H21BrN4O2S. The lowest BCUT2D eigenvalue weighted by Gasteiger charge is -2.23. The zero-order valence-electron chi connectivity index (χ0n) is 16.1. The van der Waals surface area contributed by atoms with E-state index in [1.807, 2.05) is 44.2 Å². The minimum atomic E-state index is -0.680. The van der Waals surface area contributed by atoms with Crippen LogP contribution < -0.4 is 10.6 Å². The van der Waals surface area contributed by atoms with Crippen LogP contribution in [0.4, 0.5) is 5.13 Å². The molecule has 150 valence electrons. The molecule has 1 heterocycles. The van der Waals surface area contributed by atoms with E-state index in [9.17, 15) is 9.59 Å². The van der Waals surface area contributed by atoms with Gasteiger partial charge in [-0.2, -0.15) is 0 Å². The molecule has 0 saturated heterocycles. The number of anilines is 1. The third-order valence-corrected chi connectivity index (χ3v) is 5.98. The third-order valence-electron chi connectivity index (χ3n) is 4.56. The highest BCUT2D eigenvalue weighted by atomic mass is 79.9. The summed E-state index contributed by atoms with van der Waals surface area (Å²) in [4.78, 5) is 25.5. The molecule has 0 aliphatic heterocycles. The van der Waals surface area contributed by atoms with Crippen molar-refractivity contribution in [3.05, 3.63) is 64.6 Å². The normalized spacial score (nSPS) is 12.8. The molecule has 2 amide bonds. The van der Waals surface area contributed by atoms with E-state index in [0.29, 0.717) is 10.7 Å². The lowest BCUT2D eigenvalue weighted by atomic mass is 9.98. The summed E-state index contributed by atoms with van der Waals surface area (Å²) in [5, 5.41) is 15.0. The second-order valence-electron chi connectivity index (χ2n) is 6.61. The molecule has 0 aliphatic rings. The van der Waals surface area contributed by atoms with Crippen LogP contribution in [0.5, 0.6) is 0 Å². The molecule has 0 bridgehead atoms. The van der Waals surface area contributed by atoms with Gasteiger partial charge in [-0.15, -0.1) is 10.2 Å². The van der Waals surface area contributed by atoms with E-state index < -0.39 is 6.04 Å². The van der Waals surface area contributed by atoms with Gasteiger partial charge in [0.25, 0.3) is 5.91 Å². The fourth-order valence-electron chi connectivity index (χ4n) is 2.68. The molecule has 0 fully saturated rings. The van der Waals surface area contributed by atoms with Crippen LogP contribution in [-0.4, -0.2) is 28.1 Å². The lowest BCUT2D eigenvalue weighted by molar-refractivity contribution is -0.119. The number of benzene rings is 2. The molecule has 2 aromatic carbocycles. The Balaban J connectivity index is 1.72. The number of nitrogens with zero attached hydrogens (tertiary/aromatic N) is 2. The number of hydrogen-bond donors (Lipinski definition) is 2. The average molecular weight is 473 g/mol. The first-order chi connectivity index (χ1) is 14.0. The highest BCUT2D eigenvalue weighted by molar-refractivity contribution is 9.10. The van der Waals surface area contributed by atoms with Crippen LogP contribution in [0.15, 0.2) is 59.1 Å². The van der Waals surface area contributed by atoms with Gasteiger partial charge >= 0.3 is 0 Å². The molecule has 2 N–H and O–H groups in total. The number of amides is 2. The number of carbonyl (C=O) groups is 2. The summed E-state index contributed by atoms with van der Waals surface area (Å²) in [5.74, 6) is -0.642. The fourth-order valence-corrected chi connectivity index (χ4v) is 3.70. The Morgan fingerprint density at radius 2 is 1.76 bits per heavy atom. The maximum Gasteiger partial charge on any atom is 0.251 e. The van der Waals surface area contributed by atoms with Crippen molar-refractivity contribution in [3.63, 3.8) is 0 Å². The van der Waals surface area contributed by atoms with Crippen molar-refractivity contribution in [1.29, 1.82) is 0 Å². The largest absolute Gasteiger partial charge is 0.340 e. The van der Waals surface area contributed by atoms with Gasteiger partial charge in [-0.3, -0.25) is 14.9 Å². The van der Waals surface area contributed by atoms with Crippen molar-refractivity contribution < 1.29 is 9.59 Å². The number of rotatable bonds is 7. The first kappa shape index (κ1) is 21.1. The van der Waals surface area contributed by atoms with E-state index in [2.05, 4.69) is 36.8 Å². The highest BCUT2D eigenvalue weighted by Crippen LogP contribution is 2.26. The van der Waals surface area contributed by atoms with Gasteiger partial charge in [0.1, 0.15) is 11.0 Å². The average Bonchev–Trinajstić information content (AvgIpc) is 3.20. The molecule has 3 rings (SSSR count). The zero-order chi connectivity index (χ0) is 20.8. The Morgan fingerprint density at radius 3 is 2.41 bits per heavy atom. The van der Waals surface area contributed by atoms with Gasteiger partial charge in [-0.05, 0) is 30.2 Å². The van der Waals surface area contributed by atoms with Gasteiger partial charge in [0, 0.05) is 15.6 Å². The van der Waals surface area contributed by atoms with Crippen molar-refractivity contribution >= 4 is 44.2 Å². The Morgan fingerprint density at radius 1 is 1.07 bits per heavy atom. The molecule has 0 saturated carbocycles. The quantitative estimate of drug-likeness (QED) is 0.519. The molecule has 8 heteroatoms. The molecular weight excluding hydrogens is 452 g/mol. The minimum Gasteiger partial charge on any atom is -0.340 e. The molecule has 0 aliphatic carbocycles. The maximum absolute atomic E-state index is 12.9. The topological polar surface area (TPSA) is 84.0 Å². The summed E-state index contributed by atoms with van der Waals surface area (Å²) >= 11 is 4.65. The fraction of sp³-hybridized carbons (Fsp3) is 0.238. The highest BCUT2D eigenvalue weighted by Gasteiger charge is 2.27. The van der Waals surface area contributed by atoms with E-state index in [0.717, 1.165) is 21.5 Å². The molecule has 0 spiro atoms. The van der Waals surface area contributed by atoms with Crippen molar-refractivity contribution in [1.82, 2.24) is 15.5 Å². The van der Waals surface area contributed by atoms with E-state index in [4.69, 9.17) is 0 Å². The van der Waals surface area contributed by atoms with Crippen molar-refractivity contribution in [2.45, 2.75) is 26.3 Å². The smallest absolute Gasteiger partial charge is 0.251 e. The van der Waals surface area contributed by atoms with Crippen LogP contribution in [0.3, 0.4) is 0 Å². The maximum atomic E-state index is 12.9. The lowest BCUT2D eigenvalue weighted by Crippen LogP contribution is -2.47. The SMILES string of the molecule is CC[C@@H](C)[C@@H](NC(=O)c1ccc(Br)cc1)C(=O)Nc1nnc(-c2ccccc2)s1. The van der Waals surface area contributed by atoms with E-state index in [1.54, 1.807) is 24.3 Å². The summed E-state index contributed by atoms with van der Waals surface area (Å²) in [6, 6.07) is 16.0. The van der Waals surface area contributed by atoms with Gasteiger partial charge in [-0.1, -0.05) is 77.9 Å². The number of carbonyl (C=O) groups excluding carboxylic acids is 2. The zero-order valence-corrected chi connectivity index (χ0v) is 18.5. The van der Waals surface area contributed by atoms with Crippen molar-refractivity contribution in [2.75, 3.05) is 5.32 Å². The second-order valence-corrected chi connectivity index (χ2v) is 8.50.